The molecule has 0 radical (unpaired) electrons. The number of phenols is 1. The maximum atomic E-state index is 12.7. The van der Waals surface area contributed by atoms with E-state index in [0.717, 1.165) is 11.6 Å². The minimum atomic E-state index is -1.00. The van der Waals surface area contributed by atoms with Gasteiger partial charge in [-0.25, -0.2) is 10.3 Å². The van der Waals surface area contributed by atoms with Gasteiger partial charge in [0.2, 0.25) is 0 Å². The molecule has 0 aliphatic carbocycles. The van der Waals surface area contributed by atoms with Gasteiger partial charge in [-0.15, -0.1) is 0 Å². The van der Waals surface area contributed by atoms with Crippen LogP contribution in [0.2, 0.25) is 0 Å². The number of amides is 2. The molecule has 170 valence electrons. The van der Waals surface area contributed by atoms with E-state index in [1.165, 1.54) is 23.7 Å². The normalized spacial score (nSPS) is 12.5. The van der Waals surface area contributed by atoms with E-state index in [9.17, 15) is 14.7 Å². The molecule has 0 aliphatic heterocycles. The highest BCUT2D eigenvalue weighted by Gasteiger charge is 2.28. The summed E-state index contributed by atoms with van der Waals surface area (Å²) in [4.78, 5) is 24.3. The highest BCUT2D eigenvalue weighted by atomic mass is 16.6. The zero-order valence-electron chi connectivity index (χ0n) is 17.8. The molecule has 0 aromatic heterocycles. The Morgan fingerprint density at radius 1 is 0.939 bits per heavy atom. The third kappa shape index (κ3) is 7.12. The molecule has 0 bridgehead atoms. The number of para-hydroxylation sites is 1. The van der Waals surface area contributed by atoms with Crippen molar-refractivity contribution >= 4 is 17.7 Å². The van der Waals surface area contributed by atoms with E-state index in [4.69, 9.17) is 14.7 Å². The lowest BCUT2D eigenvalue weighted by atomic mass is 10.0. The first kappa shape index (κ1) is 23.4. The SMILES string of the molecule is Cc1ccc(NC(=O)O[C@@H](c2ccc(O)cc2)[C@H](/C=C/C(=O)NO)Oc2ccccc2)cc1. The number of carbonyl (C=O) groups excluding carboxylic acids is 2. The summed E-state index contributed by atoms with van der Waals surface area (Å²) in [6, 6.07) is 22.1. The predicted octanol–water partition coefficient (Wildman–Crippen LogP) is 4.50. The standard InChI is InChI=1S/C25H24N2O6/c1-17-7-11-19(12-8-17)26-25(30)33-24(18-9-13-20(28)14-10-18)22(15-16-23(29)27-31)32-21-5-3-2-4-6-21/h2-16,22,24,28,31H,1H3,(H,26,30)(H,27,29)/b16-15+/t22-,24-/m0/s1. The highest BCUT2D eigenvalue weighted by Crippen LogP contribution is 2.28. The van der Waals surface area contributed by atoms with Gasteiger partial charge in [0.05, 0.1) is 0 Å². The van der Waals surface area contributed by atoms with Crippen LogP contribution < -0.4 is 15.5 Å². The van der Waals surface area contributed by atoms with E-state index >= 15 is 0 Å². The Labute approximate surface area is 191 Å². The van der Waals surface area contributed by atoms with Crippen LogP contribution in [0, 0.1) is 6.92 Å². The summed E-state index contributed by atoms with van der Waals surface area (Å²) in [5.74, 6) is -0.259. The van der Waals surface area contributed by atoms with Gasteiger partial charge in [-0.1, -0.05) is 48.0 Å². The quantitative estimate of drug-likeness (QED) is 0.229. The molecule has 0 heterocycles. The third-order valence-electron chi connectivity index (χ3n) is 4.61. The lowest BCUT2D eigenvalue weighted by molar-refractivity contribution is -0.124. The molecule has 2 amide bonds. The van der Waals surface area contributed by atoms with Gasteiger partial charge in [0, 0.05) is 11.8 Å². The fraction of sp³-hybridized carbons (Fsp3) is 0.120. The van der Waals surface area contributed by atoms with Crippen molar-refractivity contribution in [3.63, 3.8) is 0 Å². The van der Waals surface area contributed by atoms with E-state index in [2.05, 4.69) is 5.32 Å². The number of benzene rings is 3. The molecule has 0 unspecified atom stereocenters. The fourth-order valence-corrected chi connectivity index (χ4v) is 2.97. The first-order valence-corrected chi connectivity index (χ1v) is 10.1. The average molecular weight is 448 g/mol. The molecule has 0 fully saturated rings. The fourth-order valence-electron chi connectivity index (χ4n) is 2.97. The molecule has 8 nitrogen and oxygen atoms in total. The van der Waals surface area contributed by atoms with Gasteiger partial charge in [-0.2, -0.15) is 0 Å². The van der Waals surface area contributed by atoms with Crippen LogP contribution in [0.5, 0.6) is 11.5 Å². The topological polar surface area (TPSA) is 117 Å². The van der Waals surface area contributed by atoms with Crippen LogP contribution in [0.1, 0.15) is 17.2 Å². The number of rotatable bonds is 8. The van der Waals surface area contributed by atoms with Crippen molar-refractivity contribution in [2.75, 3.05) is 5.32 Å². The van der Waals surface area contributed by atoms with Crippen LogP contribution >= 0.6 is 0 Å². The van der Waals surface area contributed by atoms with Gasteiger partial charge in [0.15, 0.2) is 12.2 Å². The number of nitrogens with one attached hydrogen (secondary N) is 2. The number of hydrogen-bond donors (Lipinski definition) is 4. The lowest BCUT2D eigenvalue weighted by Crippen LogP contribution is -2.30. The summed E-state index contributed by atoms with van der Waals surface area (Å²) >= 11 is 0. The number of carbonyl (C=O) groups is 2. The summed E-state index contributed by atoms with van der Waals surface area (Å²) in [7, 11) is 0. The molecule has 33 heavy (non-hydrogen) atoms. The van der Waals surface area contributed by atoms with E-state index in [1.807, 2.05) is 25.1 Å². The summed E-state index contributed by atoms with van der Waals surface area (Å²) in [6.45, 7) is 1.93. The molecule has 3 rings (SSSR count). The second-order valence-electron chi connectivity index (χ2n) is 7.14. The number of aromatic hydroxyl groups is 1. The molecule has 3 aromatic rings. The van der Waals surface area contributed by atoms with Gasteiger partial charge in [0.25, 0.3) is 5.91 Å². The minimum absolute atomic E-state index is 0.0392. The van der Waals surface area contributed by atoms with Gasteiger partial charge in [-0.05, 0) is 55.0 Å². The molecule has 0 aliphatic rings. The van der Waals surface area contributed by atoms with E-state index in [0.29, 0.717) is 17.0 Å². The Hall–Kier alpha value is -4.30. The van der Waals surface area contributed by atoms with Crippen LogP contribution in [0.4, 0.5) is 10.5 Å². The summed E-state index contributed by atoms with van der Waals surface area (Å²) in [6.07, 6.45) is -0.243. The van der Waals surface area contributed by atoms with Crippen molar-refractivity contribution < 1.29 is 29.4 Å². The van der Waals surface area contributed by atoms with Crippen LogP contribution in [0.25, 0.3) is 0 Å². The molecular formula is C25H24N2O6. The molecule has 2 atom stereocenters. The van der Waals surface area contributed by atoms with Crippen LogP contribution in [0.15, 0.2) is 91.0 Å². The molecule has 0 spiro atoms. The number of ether oxygens (including phenoxy) is 2. The van der Waals surface area contributed by atoms with Crippen LogP contribution in [-0.2, 0) is 9.53 Å². The third-order valence-corrected chi connectivity index (χ3v) is 4.61. The maximum Gasteiger partial charge on any atom is 0.412 e. The van der Waals surface area contributed by atoms with Crippen molar-refractivity contribution in [1.82, 2.24) is 5.48 Å². The zero-order chi connectivity index (χ0) is 23.6. The highest BCUT2D eigenvalue weighted by molar-refractivity contribution is 5.86. The molecular weight excluding hydrogens is 424 g/mol. The monoisotopic (exact) mass is 448 g/mol. The summed E-state index contributed by atoms with van der Waals surface area (Å²) in [5.41, 5.74) is 3.62. The first-order chi connectivity index (χ1) is 15.9. The molecule has 3 aromatic carbocycles. The Bertz CT molecular complexity index is 1080. The van der Waals surface area contributed by atoms with Gasteiger partial charge < -0.3 is 14.6 Å². The van der Waals surface area contributed by atoms with Crippen LogP contribution in [0.3, 0.4) is 0 Å². The van der Waals surface area contributed by atoms with E-state index in [1.54, 1.807) is 48.5 Å². The molecule has 0 saturated carbocycles. The second kappa shape index (κ2) is 11.4. The van der Waals surface area contributed by atoms with E-state index in [-0.39, 0.29) is 5.75 Å². The average Bonchev–Trinajstić information content (AvgIpc) is 2.83. The van der Waals surface area contributed by atoms with Crippen molar-refractivity contribution in [1.29, 1.82) is 0 Å². The Balaban J connectivity index is 1.91. The first-order valence-electron chi connectivity index (χ1n) is 10.1. The minimum Gasteiger partial charge on any atom is -0.508 e. The number of hydroxylamine groups is 1. The van der Waals surface area contributed by atoms with Gasteiger partial charge in [-0.3, -0.25) is 15.3 Å². The van der Waals surface area contributed by atoms with Crippen LogP contribution in [-0.4, -0.2) is 28.4 Å². The van der Waals surface area contributed by atoms with E-state index < -0.39 is 24.2 Å². The zero-order valence-corrected chi connectivity index (χ0v) is 17.8. The van der Waals surface area contributed by atoms with Gasteiger partial charge >= 0.3 is 6.09 Å². The van der Waals surface area contributed by atoms with Crippen molar-refractivity contribution in [2.24, 2.45) is 0 Å². The maximum absolute atomic E-state index is 12.7. The number of anilines is 1. The molecule has 0 saturated heterocycles. The number of hydrogen-bond acceptors (Lipinski definition) is 6. The van der Waals surface area contributed by atoms with Crippen molar-refractivity contribution in [2.45, 2.75) is 19.1 Å². The lowest BCUT2D eigenvalue weighted by Gasteiger charge is -2.26. The summed E-state index contributed by atoms with van der Waals surface area (Å²) in [5, 5.41) is 21.2. The van der Waals surface area contributed by atoms with Gasteiger partial charge in [0.1, 0.15) is 11.5 Å². The molecule has 4 N–H and O–H groups in total. The largest absolute Gasteiger partial charge is 0.508 e. The Kier molecular flexibility index (Phi) is 8.04. The van der Waals surface area contributed by atoms with Crippen molar-refractivity contribution in [3.8, 4) is 11.5 Å². The Morgan fingerprint density at radius 3 is 2.24 bits per heavy atom. The van der Waals surface area contributed by atoms with Crippen molar-refractivity contribution in [3.05, 3.63) is 102 Å². The smallest absolute Gasteiger partial charge is 0.412 e. The summed E-state index contributed by atoms with van der Waals surface area (Å²) < 4.78 is 11.7. The number of phenolic OH excluding ortho intramolecular Hbond substituents is 1. The molecule has 8 heteroatoms. The number of aryl methyl sites for hydroxylation is 1. The second-order valence-corrected chi connectivity index (χ2v) is 7.14. The predicted molar refractivity (Wildman–Crippen MR) is 122 cm³/mol. The Morgan fingerprint density at radius 2 is 1.61 bits per heavy atom.